The first-order valence-corrected chi connectivity index (χ1v) is 11.4. The molecule has 0 N–H and O–H groups in total. The zero-order valence-electron chi connectivity index (χ0n) is 17.1. The molecule has 0 amide bonds. The molecule has 2 heterocycles. The lowest BCUT2D eigenvalue weighted by Crippen LogP contribution is -2.45. The number of aliphatic imine (C=N–C) groups is 1. The summed E-state index contributed by atoms with van der Waals surface area (Å²) in [7, 11) is 0. The fraction of sp³-hybridized carbons (Fsp3) is 0.458. The van der Waals surface area contributed by atoms with Crippen molar-refractivity contribution in [1.29, 1.82) is 0 Å². The highest BCUT2D eigenvalue weighted by atomic mass is 32.2. The van der Waals surface area contributed by atoms with Gasteiger partial charge in [0.25, 0.3) is 0 Å². The van der Waals surface area contributed by atoms with Gasteiger partial charge in [-0.2, -0.15) is 0 Å². The van der Waals surface area contributed by atoms with Gasteiger partial charge in [0.15, 0.2) is 0 Å². The molecule has 1 unspecified atom stereocenters. The number of thioether (sulfide) groups is 1. The summed E-state index contributed by atoms with van der Waals surface area (Å²) in [5.41, 5.74) is 3.64. The molecule has 28 heavy (non-hydrogen) atoms. The van der Waals surface area contributed by atoms with Gasteiger partial charge in [-0.1, -0.05) is 56.3 Å². The van der Waals surface area contributed by atoms with Crippen LogP contribution in [0.3, 0.4) is 0 Å². The highest BCUT2D eigenvalue weighted by Gasteiger charge is 2.47. The third-order valence-corrected chi connectivity index (χ3v) is 6.71. The van der Waals surface area contributed by atoms with E-state index in [9.17, 15) is 0 Å². The van der Waals surface area contributed by atoms with E-state index in [1.54, 1.807) is 11.8 Å². The van der Waals surface area contributed by atoms with E-state index in [1.807, 2.05) is 0 Å². The zero-order valence-corrected chi connectivity index (χ0v) is 18.0. The Kier molecular flexibility index (Phi) is 5.64. The molecule has 2 aliphatic rings. The number of ether oxygens (including phenoxy) is 1. The first kappa shape index (κ1) is 19.7. The van der Waals surface area contributed by atoms with Gasteiger partial charge >= 0.3 is 0 Å². The number of benzene rings is 2. The summed E-state index contributed by atoms with van der Waals surface area (Å²) in [6.45, 7) is 9.26. The van der Waals surface area contributed by atoms with Crippen molar-refractivity contribution in [2.24, 2.45) is 10.4 Å². The van der Waals surface area contributed by atoms with Gasteiger partial charge < -0.3 is 4.74 Å². The Morgan fingerprint density at radius 1 is 1.00 bits per heavy atom. The molecule has 0 aliphatic carbocycles. The summed E-state index contributed by atoms with van der Waals surface area (Å²) in [5, 5.41) is 0. The molecule has 148 valence electrons. The van der Waals surface area contributed by atoms with Crippen LogP contribution in [0.4, 0.5) is 0 Å². The second-order valence-corrected chi connectivity index (χ2v) is 9.42. The van der Waals surface area contributed by atoms with E-state index in [2.05, 4.69) is 79.6 Å². The van der Waals surface area contributed by atoms with Gasteiger partial charge in [0.1, 0.15) is 0 Å². The molecule has 0 spiro atoms. The van der Waals surface area contributed by atoms with Crippen LogP contribution in [0.15, 0.2) is 64.5 Å². The van der Waals surface area contributed by atoms with Crippen LogP contribution in [-0.4, -0.2) is 49.7 Å². The Morgan fingerprint density at radius 3 is 2.32 bits per heavy atom. The summed E-state index contributed by atoms with van der Waals surface area (Å²) in [6.07, 6.45) is 3.15. The molecule has 2 aliphatic heterocycles. The van der Waals surface area contributed by atoms with Crippen LogP contribution >= 0.6 is 11.8 Å². The van der Waals surface area contributed by atoms with Gasteiger partial charge in [-0.25, -0.2) is 0 Å². The monoisotopic (exact) mass is 394 g/mol. The van der Waals surface area contributed by atoms with E-state index in [-0.39, 0.29) is 11.0 Å². The summed E-state index contributed by atoms with van der Waals surface area (Å²) in [6, 6.07) is 19.8. The largest absolute Gasteiger partial charge is 0.379 e. The van der Waals surface area contributed by atoms with Crippen molar-refractivity contribution in [2.45, 2.75) is 30.7 Å². The van der Waals surface area contributed by atoms with E-state index in [0.717, 1.165) is 39.3 Å². The van der Waals surface area contributed by atoms with Crippen LogP contribution in [0.1, 0.15) is 31.4 Å². The van der Waals surface area contributed by atoms with Gasteiger partial charge in [0.05, 0.1) is 18.8 Å². The second kappa shape index (κ2) is 8.02. The molecular weight excluding hydrogens is 364 g/mol. The third kappa shape index (κ3) is 3.91. The van der Waals surface area contributed by atoms with Crippen molar-refractivity contribution in [3.8, 4) is 0 Å². The standard InChI is InChI=1S/C24H30N2OS/c1-23(2)17-24(20-7-5-4-6-8-20,18-26-13-15-27-16-14-26)25-22(23)19-9-11-21(28-3)12-10-19/h4-12H,13-18H2,1-3H3. The Bertz CT molecular complexity index is 825. The van der Waals surface area contributed by atoms with Crippen molar-refractivity contribution in [2.75, 3.05) is 39.1 Å². The normalized spacial score (nSPS) is 24.9. The van der Waals surface area contributed by atoms with Crippen LogP contribution in [0.5, 0.6) is 0 Å². The van der Waals surface area contributed by atoms with Crippen LogP contribution in [-0.2, 0) is 10.3 Å². The molecule has 2 aromatic rings. The summed E-state index contributed by atoms with van der Waals surface area (Å²) in [4.78, 5) is 9.31. The van der Waals surface area contributed by atoms with E-state index in [4.69, 9.17) is 9.73 Å². The Hall–Kier alpha value is -1.62. The van der Waals surface area contributed by atoms with Crippen LogP contribution < -0.4 is 0 Å². The number of hydrogen-bond acceptors (Lipinski definition) is 4. The molecule has 0 bridgehead atoms. The lowest BCUT2D eigenvalue weighted by Gasteiger charge is -2.37. The maximum atomic E-state index is 5.58. The lowest BCUT2D eigenvalue weighted by molar-refractivity contribution is 0.0259. The quantitative estimate of drug-likeness (QED) is 0.678. The van der Waals surface area contributed by atoms with Crippen LogP contribution in [0, 0.1) is 5.41 Å². The minimum Gasteiger partial charge on any atom is -0.379 e. The zero-order chi connectivity index (χ0) is 19.6. The van der Waals surface area contributed by atoms with Crippen molar-refractivity contribution >= 4 is 17.5 Å². The van der Waals surface area contributed by atoms with Crippen molar-refractivity contribution in [3.63, 3.8) is 0 Å². The Morgan fingerprint density at radius 2 is 1.68 bits per heavy atom. The highest BCUT2D eigenvalue weighted by molar-refractivity contribution is 7.98. The number of nitrogens with zero attached hydrogens (tertiary/aromatic N) is 2. The predicted octanol–water partition coefficient (Wildman–Crippen LogP) is 4.86. The second-order valence-electron chi connectivity index (χ2n) is 8.54. The Labute approximate surface area is 173 Å². The summed E-state index contributed by atoms with van der Waals surface area (Å²) >= 11 is 1.78. The number of hydrogen-bond donors (Lipinski definition) is 0. The number of morpholine rings is 1. The fourth-order valence-electron chi connectivity index (χ4n) is 4.65. The molecule has 4 rings (SSSR count). The molecule has 0 radical (unpaired) electrons. The molecule has 0 aromatic heterocycles. The van der Waals surface area contributed by atoms with Gasteiger partial charge in [-0.3, -0.25) is 9.89 Å². The SMILES string of the molecule is CSc1ccc(C2=NC(CN3CCOCC3)(c3ccccc3)CC2(C)C)cc1. The molecular formula is C24H30N2OS. The van der Waals surface area contributed by atoms with Gasteiger partial charge in [0.2, 0.25) is 0 Å². The maximum Gasteiger partial charge on any atom is 0.0995 e. The molecule has 0 saturated carbocycles. The van der Waals surface area contributed by atoms with E-state index in [1.165, 1.54) is 21.7 Å². The van der Waals surface area contributed by atoms with Gasteiger partial charge in [-0.15, -0.1) is 11.8 Å². The first-order valence-electron chi connectivity index (χ1n) is 10.1. The molecule has 1 saturated heterocycles. The molecule has 1 fully saturated rings. The van der Waals surface area contributed by atoms with Crippen molar-refractivity contribution in [1.82, 2.24) is 4.90 Å². The smallest absolute Gasteiger partial charge is 0.0995 e. The first-order chi connectivity index (χ1) is 13.5. The maximum absolute atomic E-state index is 5.58. The summed E-state index contributed by atoms with van der Waals surface area (Å²) < 4.78 is 5.58. The van der Waals surface area contributed by atoms with E-state index >= 15 is 0 Å². The number of rotatable bonds is 5. The van der Waals surface area contributed by atoms with E-state index in [0.29, 0.717) is 0 Å². The topological polar surface area (TPSA) is 24.8 Å². The predicted molar refractivity (Wildman–Crippen MR) is 119 cm³/mol. The molecule has 2 aromatic carbocycles. The summed E-state index contributed by atoms with van der Waals surface area (Å²) in [5.74, 6) is 0. The van der Waals surface area contributed by atoms with Crippen molar-refractivity contribution in [3.05, 3.63) is 65.7 Å². The molecule has 3 nitrogen and oxygen atoms in total. The average molecular weight is 395 g/mol. The van der Waals surface area contributed by atoms with Crippen LogP contribution in [0.2, 0.25) is 0 Å². The average Bonchev–Trinajstić information content (AvgIpc) is 3.01. The lowest BCUT2D eigenvalue weighted by atomic mass is 9.75. The van der Waals surface area contributed by atoms with Gasteiger partial charge in [0, 0.05) is 35.7 Å². The molecule has 4 heteroatoms. The highest BCUT2D eigenvalue weighted by Crippen LogP contribution is 2.47. The fourth-order valence-corrected chi connectivity index (χ4v) is 5.06. The molecule has 1 atom stereocenters. The van der Waals surface area contributed by atoms with E-state index < -0.39 is 0 Å². The van der Waals surface area contributed by atoms with Crippen LogP contribution in [0.25, 0.3) is 0 Å². The van der Waals surface area contributed by atoms with Crippen molar-refractivity contribution < 1.29 is 4.74 Å². The minimum atomic E-state index is -0.199. The minimum absolute atomic E-state index is 0.0308. The Balaban J connectivity index is 1.75. The van der Waals surface area contributed by atoms with Gasteiger partial charge in [-0.05, 0) is 35.9 Å². The third-order valence-electron chi connectivity index (χ3n) is 5.96.